The molecule has 5 nitrogen and oxygen atoms in total. The molecule has 0 spiro atoms. The number of nitrogens with one attached hydrogen (secondary N) is 1. The molecule has 3 rings (SSSR count). The van der Waals surface area contributed by atoms with E-state index in [0.717, 1.165) is 0 Å². The second-order valence-electron chi connectivity index (χ2n) is 6.37. The lowest BCUT2D eigenvalue weighted by Crippen LogP contribution is -2.54. The highest BCUT2D eigenvalue weighted by atomic mass is 35.5. The smallest absolute Gasteiger partial charge is 0.253 e. The molecule has 0 saturated carbocycles. The van der Waals surface area contributed by atoms with Crippen molar-refractivity contribution in [2.24, 2.45) is 0 Å². The molecule has 0 radical (unpaired) electrons. The average molecular weight is 372 g/mol. The van der Waals surface area contributed by atoms with Crippen LogP contribution in [0.1, 0.15) is 17.3 Å². The first-order valence-electron chi connectivity index (χ1n) is 8.69. The maximum Gasteiger partial charge on any atom is 0.253 e. The largest absolute Gasteiger partial charge is 0.336 e. The summed E-state index contributed by atoms with van der Waals surface area (Å²) in [4.78, 5) is 28.9. The Morgan fingerprint density at radius 1 is 1.00 bits per heavy atom. The van der Waals surface area contributed by atoms with Crippen LogP contribution in [0.15, 0.2) is 54.6 Å². The van der Waals surface area contributed by atoms with Gasteiger partial charge in [0, 0.05) is 42.5 Å². The maximum atomic E-state index is 12.5. The van der Waals surface area contributed by atoms with Crippen molar-refractivity contribution < 1.29 is 9.59 Å². The molecule has 1 fully saturated rings. The molecule has 1 aliphatic rings. The molecule has 0 aliphatic carbocycles. The van der Waals surface area contributed by atoms with Gasteiger partial charge in [0.05, 0.1) is 6.04 Å². The van der Waals surface area contributed by atoms with Gasteiger partial charge in [0.15, 0.2) is 0 Å². The number of anilines is 1. The lowest BCUT2D eigenvalue weighted by Gasteiger charge is -2.37. The number of carbonyl (C=O) groups excluding carboxylic acids is 2. The summed E-state index contributed by atoms with van der Waals surface area (Å²) in [6.07, 6.45) is 0. The Hall–Kier alpha value is -2.37. The first-order valence-corrected chi connectivity index (χ1v) is 9.07. The lowest BCUT2D eigenvalue weighted by molar-refractivity contribution is -0.121. The van der Waals surface area contributed by atoms with E-state index in [-0.39, 0.29) is 17.9 Å². The van der Waals surface area contributed by atoms with Gasteiger partial charge in [0.25, 0.3) is 5.91 Å². The van der Waals surface area contributed by atoms with Gasteiger partial charge in [-0.3, -0.25) is 14.5 Å². The van der Waals surface area contributed by atoms with E-state index in [2.05, 4.69) is 10.2 Å². The van der Waals surface area contributed by atoms with Gasteiger partial charge in [0.1, 0.15) is 0 Å². The van der Waals surface area contributed by atoms with E-state index in [0.29, 0.717) is 42.5 Å². The quantitative estimate of drug-likeness (QED) is 0.898. The molecule has 6 heteroatoms. The van der Waals surface area contributed by atoms with Crippen LogP contribution in [0.4, 0.5) is 5.69 Å². The SMILES string of the molecule is C[C@H](C(=O)Nc1cccc(Cl)c1)N1CCN(C(=O)c2ccccc2)CC1. The van der Waals surface area contributed by atoms with Crippen LogP contribution in [0.25, 0.3) is 0 Å². The Bertz CT molecular complexity index is 774. The molecule has 2 amide bonds. The molecule has 0 bridgehead atoms. The molecule has 1 N–H and O–H groups in total. The lowest BCUT2D eigenvalue weighted by atomic mass is 10.1. The van der Waals surface area contributed by atoms with E-state index in [9.17, 15) is 9.59 Å². The van der Waals surface area contributed by atoms with Crippen molar-refractivity contribution in [1.29, 1.82) is 0 Å². The maximum absolute atomic E-state index is 12.5. The number of amides is 2. The van der Waals surface area contributed by atoms with Crippen LogP contribution >= 0.6 is 11.6 Å². The van der Waals surface area contributed by atoms with Crippen LogP contribution in [-0.2, 0) is 4.79 Å². The van der Waals surface area contributed by atoms with Crippen molar-refractivity contribution in [3.63, 3.8) is 0 Å². The fraction of sp³-hybridized carbons (Fsp3) is 0.300. The van der Waals surface area contributed by atoms with Gasteiger partial charge >= 0.3 is 0 Å². The number of benzene rings is 2. The summed E-state index contributed by atoms with van der Waals surface area (Å²) in [6, 6.07) is 16.1. The number of carbonyl (C=O) groups is 2. The van der Waals surface area contributed by atoms with Crippen molar-refractivity contribution in [2.75, 3.05) is 31.5 Å². The van der Waals surface area contributed by atoms with Crippen molar-refractivity contribution >= 4 is 29.1 Å². The van der Waals surface area contributed by atoms with Gasteiger partial charge in [-0.15, -0.1) is 0 Å². The molecule has 136 valence electrons. The number of nitrogens with zero attached hydrogens (tertiary/aromatic N) is 2. The third-order valence-electron chi connectivity index (χ3n) is 4.64. The summed E-state index contributed by atoms with van der Waals surface area (Å²) in [5.41, 5.74) is 1.39. The Morgan fingerprint density at radius 3 is 2.35 bits per heavy atom. The summed E-state index contributed by atoms with van der Waals surface area (Å²) < 4.78 is 0. The molecule has 26 heavy (non-hydrogen) atoms. The van der Waals surface area contributed by atoms with Crippen LogP contribution in [0, 0.1) is 0 Å². The summed E-state index contributed by atoms with van der Waals surface area (Å²) in [5.74, 6) is -0.0311. The van der Waals surface area contributed by atoms with E-state index in [1.54, 1.807) is 18.2 Å². The number of rotatable bonds is 4. The normalized spacial score (nSPS) is 16.2. The second kappa shape index (κ2) is 8.34. The van der Waals surface area contributed by atoms with Gasteiger partial charge in [-0.05, 0) is 37.3 Å². The standard InChI is InChI=1S/C20H22ClN3O2/c1-15(19(25)22-18-9-5-8-17(21)14-18)23-10-12-24(13-11-23)20(26)16-6-3-2-4-7-16/h2-9,14-15H,10-13H2,1H3,(H,22,25)/t15-/m1/s1. The molecule has 1 atom stereocenters. The van der Waals surface area contributed by atoms with Gasteiger partial charge in [-0.1, -0.05) is 35.9 Å². The van der Waals surface area contributed by atoms with Crippen molar-refractivity contribution in [2.45, 2.75) is 13.0 Å². The Labute approximate surface area is 158 Å². The van der Waals surface area contributed by atoms with Crippen LogP contribution in [0.2, 0.25) is 5.02 Å². The van der Waals surface area contributed by atoms with Crippen LogP contribution in [0.3, 0.4) is 0 Å². The summed E-state index contributed by atoms with van der Waals surface area (Å²) in [5, 5.41) is 3.48. The fourth-order valence-corrected chi connectivity index (χ4v) is 3.24. The Morgan fingerprint density at radius 2 is 1.69 bits per heavy atom. The predicted octanol–water partition coefficient (Wildman–Crippen LogP) is 3.13. The third kappa shape index (κ3) is 4.42. The van der Waals surface area contributed by atoms with E-state index in [4.69, 9.17) is 11.6 Å². The second-order valence-corrected chi connectivity index (χ2v) is 6.81. The zero-order valence-corrected chi connectivity index (χ0v) is 15.4. The highest BCUT2D eigenvalue weighted by Gasteiger charge is 2.27. The van der Waals surface area contributed by atoms with Crippen molar-refractivity contribution in [3.05, 3.63) is 65.2 Å². The molecular formula is C20H22ClN3O2. The first kappa shape index (κ1) is 18.4. The third-order valence-corrected chi connectivity index (χ3v) is 4.88. The van der Waals surface area contributed by atoms with Gasteiger partial charge in [0.2, 0.25) is 5.91 Å². The molecule has 2 aromatic carbocycles. The predicted molar refractivity (Wildman–Crippen MR) is 103 cm³/mol. The molecule has 0 aromatic heterocycles. The summed E-state index contributed by atoms with van der Waals surface area (Å²) >= 11 is 5.95. The number of halogens is 1. The number of hydrogen-bond acceptors (Lipinski definition) is 3. The van der Waals surface area contributed by atoms with Gasteiger partial charge in [-0.25, -0.2) is 0 Å². The molecule has 1 saturated heterocycles. The number of hydrogen-bond donors (Lipinski definition) is 1. The minimum atomic E-state index is -0.275. The molecule has 2 aromatic rings. The summed E-state index contributed by atoms with van der Waals surface area (Å²) in [6.45, 7) is 4.45. The van der Waals surface area contributed by atoms with E-state index in [1.807, 2.05) is 48.2 Å². The molecule has 0 unspecified atom stereocenters. The zero-order chi connectivity index (χ0) is 18.5. The van der Waals surface area contributed by atoms with Crippen LogP contribution in [0.5, 0.6) is 0 Å². The summed E-state index contributed by atoms with van der Waals surface area (Å²) in [7, 11) is 0. The van der Waals surface area contributed by atoms with Gasteiger partial charge < -0.3 is 10.2 Å². The highest BCUT2D eigenvalue weighted by molar-refractivity contribution is 6.30. The Balaban J connectivity index is 1.54. The van der Waals surface area contributed by atoms with Gasteiger partial charge in [-0.2, -0.15) is 0 Å². The topological polar surface area (TPSA) is 52.7 Å². The highest BCUT2D eigenvalue weighted by Crippen LogP contribution is 2.16. The molecule has 1 aliphatic heterocycles. The van der Waals surface area contributed by atoms with Crippen molar-refractivity contribution in [3.8, 4) is 0 Å². The monoisotopic (exact) mass is 371 g/mol. The Kier molecular flexibility index (Phi) is 5.91. The average Bonchev–Trinajstić information content (AvgIpc) is 2.67. The van der Waals surface area contributed by atoms with E-state index < -0.39 is 0 Å². The fourth-order valence-electron chi connectivity index (χ4n) is 3.05. The van der Waals surface area contributed by atoms with E-state index >= 15 is 0 Å². The zero-order valence-electron chi connectivity index (χ0n) is 14.7. The van der Waals surface area contributed by atoms with Crippen LogP contribution in [-0.4, -0.2) is 53.8 Å². The minimum Gasteiger partial charge on any atom is -0.336 e. The number of piperazine rings is 1. The molecular weight excluding hydrogens is 350 g/mol. The van der Waals surface area contributed by atoms with E-state index in [1.165, 1.54) is 0 Å². The molecule has 1 heterocycles. The van der Waals surface area contributed by atoms with Crippen LogP contribution < -0.4 is 5.32 Å². The minimum absolute atomic E-state index is 0.0429. The first-order chi connectivity index (χ1) is 12.5. The van der Waals surface area contributed by atoms with Crippen molar-refractivity contribution in [1.82, 2.24) is 9.80 Å².